The van der Waals surface area contributed by atoms with Gasteiger partial charge in [0.15, 0.2) is 5.43 Å². The molecule has 60 valence electrons. The average Bonchev–Trinajstić information content (AvgIpc) is 2.03. The molecule has 0 aliphatic rings. The average molecular weight is 216 g/mol. The molecule has 1 aromatic heterocycles. The molecule has 0 unspecified atom stereocenters. The number of alkyl halides is 1. The normalized spacial score (nSPS) is 9.91. The lowest BCUT2D eigenvalue weighted by molar-refractivity contribution is 0.921. The molecule has 0 saturated heterocycles. The Morgan fingerprint density at radius 3 is 3.00 bits per heavy atom. The van der Waals surface area contributed by atoms with E-state index in [4.69, 9.17) is 0 Å². The first-order chi connectivity index (χ1) is 5.34. The van der Waals surface area contributed by atoms with Crippen molar-refractivity contribution in [2.24, 2.45) is 0 Å². The van der Waals surface area contributed by atoms with Crippen LogP contribution in [-0.4, -0.2) is 10.3 Å². The predicted molar refractivity (Wildman–Crippen MR) is 49.2 cm³/mol. The van der Waals surface area contributed by atoms with Crippen molar-refractivity contribution < 1.29 is 0 Å². The van der Waals surface area contributed by atoms with Crippen molar-refractivity contribution in [1.29, 1.82) is 0 Å². The number of hydrogen-bond donors (Lipinski definition) is 1. The minimum Gasteiger partial charge on any atom is -0.367 e. The molecule has 0 atom stereocenters. The van der Waals surface area contributed by atoms with Crippen LogP contribution in [0.3, 0.4) is 0 Å². The van der Waals surface area contributed by atoms with Gasteiger partial charge in [-0.1, -0.05) is 15.9 Å². The van der Waals surface area contributed by atoms with E-state index in [0.29, 0.717) is 0 Å². The van der Waals surface area contributed by atoms with E-state index in [0.717, 1.165) is 23.7 Å². The lowest BCUT2D eigenvalue weighted by Gasteiger charge is -1.95. The van der Waals surface area contributed by atoms with E-state index in [1.165, 1.54) is 0 Å². The standard InChI is InChI=1S/C8H10BrNO/c9-4-1-2-7-6-10-5-3-8(7)11/h3,5-6H,1-2,4H2,(H,10,11). The molecule has 2 nitrogen and oxygen atoms in total. The van der Waals surface area contributed by atoms with Crippen LogP contribution in [0.4, 0.5) is 0 Å². The van der Waals surface area contributed by atoms with E-state index in [-0.39, 0.29) is 5.43 Å². The van der Waals surface area contributed by atoms with Gasteiger partial charge in [-0.3, -0.25) is 4.79 Å². The smallest absolute Gasteiger partial charge is 0.184 e. The monoisotopic (exact) mass is 215 g/mol. The van der Waals surface area contributed by atoms with Crippen LogP contribution >= 0.6 is 15.9 Å². The number of rotatable bonds is 3. The van der Waals surface area contributed by atoms with E-state index >= 15 is 0 Å². The molecular formula is C8H10BrNO. The summed E-state index contributed by atoms with van der Waals surface area (Å²) < 4.78 is 0. The summed E-state index contributed by atoms with van der Waals surface area (Å²) in [5, 5.41) is 0.946. The number of H-pyrrole nitrogens is 1. The van der Waals surface area contributed by atoms with Crippen LogP contribution in [0.5, 0.6) is 0 Å². The number of aromatic nitrogens is 1. The lowest BCUT2D eigenvalue weighted by atomic mass is 10.2. The number of halogens is 1. The number of aromatic amines is 1. The molecule has 1 heterocycles. The Balaban J connectivity index is 2.70. The van der Waals surface area contributed by atoms with E-state index in [1.807, 2.05) is 0 Å². The summed E-state index contributed by atoms with van der Waals surface area (Å²) in [6, 6.07) is 1.56. The molecule has 3 heteroatoms. The van der Waals surface area contributed by atoms with Crippen molar-refractivity contribution in [2.75, 3.05) is 5.33 Å². The molecule has 11 heavy (non-hydrogen) atoms. The van der Waals surface area contributed by atoms with Gasteiger partial charge in [-0.2, -0.15) is 0 Å². The molecular weight excluding hydrogens is 206 g/mol. The molecule has 0 amide bonds. The van der Waals surface area contributed by atoms with Gasteiger partial charge in [0.2, 0.25) is 0 Å². The van der Waals surface area contributed by atoms with Crippen molar-refractivity contribution in [3.63, 3.8) is 0 Å². The van der Waals surface area contributed by atoms with Crippen LogP contribution in [0, 0.1) is 0 Å². The van der Waals surface area contributed by atoms with Crippen molar-refractivity contribution in [2.45, 2.75) is 12.8 Å². The number of pyridine rings is 1. The lowest BCUT2D eigenvalue weighted by Crippen LogP contribution is -2.07. The molecule has 0 saturated carbocycles. The highest BCUT2D eigenvalue weighted by atomic mass is 79.9. The van der Waals surface area contributed by atoms with E-state index in [2.05, 4.69) is 20.9 Å². The molecule has 0 fully saturated rings. The summed E-state index contributed by atoms with van der Waals surface area (Å²) in [5.74, 6) is 0. The van der Waals surface area contributed by atoms with Crippen LogP contribution in [0.1, 0.15) is 12.0 Å². The first kappa shape index (κ1) is 8.53. The van der Waals surface area contributed by atoms with Gasteiger partial charge in [0, 0.05) is 29.4 Å². The molecule has 0 spiro atoms. The largest absolute Gasteiger partial charge is 0.367 e. The Kier molecular flexibility index (Phi) is 3.36. The van der Waals surface area contributed by atoms with Crippen LogP contribution in [0.2, 0.25) is 0 Å². The summed E-state index contributed by atoms with van der Waals surface area (Å²) in [5.41, 5.74) is 0.997. The predicted octanol–water partition coefficient (Wildman–Crippen LogP) is 1.70. The maximum absolute atomic E-state index is 11.1. The molecule has 0 bridgehead atoms. The summed E-state index contributed by atoms with van der Waals surface area (Å²) in [4.78, 5) is 14.0. The summed E-state index contributed by atoms with van der Waals surface area (Å²) in [6.07, 6.45) is 5.28. The Bertz CT molecular complexity index is 269. The third-order valence-corrected chi connectivity index (χ3v) is 2.05. The van der Waals surface area contributed by atoms with Gasteiger partial charge in [-0.15, -0.1) is 0 Å². The van der Waals surface area contributed by atoms with Crippen LogP contribution in [0.25, 0.3) is 0 Å². The second-order valence-electron chi connectivity index (χ2n) is 2.33. The highest BCUT2D eigenvalue weighted by molar-refractivity contribution is 9.09. The quantitative estimate of drug-likeness (QED) is 0.766. The van der Waals surface area contributed by atoms with Crippen LogP contribution < -0.4 is 5.43 Å². The number of hydrogen-bond acceptors (Lipinski definition) is 1. The number of aryl methyl sites for hydroxylation is 1. The van der Waals surface area contributed by atoms with Crippen LogP contribution in [0.15, 0.2) is 23.3 Å². The Labute approximate surface area is 73.8 Å². The van der Waals surface area contributed by atoms with E-state index < -0.39 is 0 Å². The topological polar surface area (TPSA) is 32.9 Å². The molecule has 0 aromatic carbocycles. The molecule has 1 aromatic rings. The first-order valence-electron chi connectivity index (χ1n) is 3.56. The highest BCUT2D eigenvalue weighted by Gasteiger charge is 1.95. The summed E-state index contributed by atoms with van der Waals surface area (Å²) in [7, 11) is 0. The zero-order valence-electron chi connectivity index (χ0n) is 6.14. The van der Waals surface area contributed by atoms with Crippen LogP contribution in [-0.2, 0) is 6.42 Å². The van der Waals surface area contributed by atoms with Gasteiger partial charge < -0.3 is 4.98 Å². The van der Waals surface area contributed by atoms with Gasteiger partial charge in [0.1, 0.15) is 0 Å². The third-order valence-electron chi connectivity index (χ3n) is 1.48. The number of nitrogens with one attached hydrogen (secondary N) is 1. The molecule has 0 aliphatic heterocycles. The van der Waals surface area contributed by atoms with E-state index in [9.17, 15) is 4.79 Å². The maximum Gasteiger partial charge on any atom is 0.184 e. The van der Waals surface area contributed by atoms with Crippen molar-refractivity contribution in [3.8, 4) is 0 Å². The van der Waals surface area contributed by atoms with Gasteiger partial charge in [0.05, 0.1) is 0 Å². The SMILES string of the molecule is O=c1cc[nH]cc1CCCBr. The highest BCUT2D eigenvalue weighted by Crippen LogP contribution is 1.96. The van der Waals surface area contributed by atoms with Gasteiger partial charge in [0.25, 0.3) is 0 Å². The second kappa shape index (κ2) is 4.34. The fraction of sp³-hybridized carbons (Fsp3) is 0.375. The van der Waals surface area contributed by atoms with Crippen molar-refractivity contribution in [3.05, 3.63) is 34.2 Å². The third kappa shape index (κ3) is 2.50. The fourth-order valence-corrected chi connectivity index (χ4v) is 1.18. The summed E-state index contributed by atoms with van der Waals surface area (Å²) in [6.45, 7) is 0. The first-order valence-corrected chi connectivity index (χ1v) is 4.68. The molecule has 0 aliphatic carbocycles. The Morgan fingerprint density at radius 2 is 2.36 bits per heavy atom. The fourth-order valence-electron chi connectivity index (χ4n) is 0.903. The molecule has 1 N–H and O–H groups in total. The zero-order valence-corrected chi connectivity index (χ0v) is 7.73. The Hall–Kier alpha value is -0.570. The second-order valence-corrected chi connectivity index (χ2v) is 3.12. The maximum atomic E-state index is 11.1. The Morgan fingerprint density at radius 1 is 1.55 bits per heavy atom. The minimum atomic E-state index is 0.129. The summed E-state index contributed by atoms with van der Waals surface area (Å²) >= 11 is 3.32. The van der Waals surface area contributed by atoms with Crippen molar-refractivity contribution in [1.82, 2.24) is 4.98 Å². The van der Waals surface area contributed by atoms with Gasteiger partial charge in [-0.25, -0.2) is 0 Å². The molecule has 0 radical (unpaired) electrons. The molecule has 1 rings (SSSR count). The van der Waals surface area contributed by atoms with Crippen molar-refractivity contribution >= 4 is 15.9 Å². The van der Waals surface area contributed by atoms with Gasteiger partial charge >= 0.3 is 0 Å². The minimum absolute atomic E-state index is 0.129. The van der Waals surface area contributed by atoms with Gasteiger partial charge in [-0.05, 0) is 12.8 Å². The zero-order chi connectivity index (χ0) is 8.10. The van der Waals surface area contributed by atoms with E-state index in [1.54, 1.807) is 18.5 Å².